The largest absolute Gasteiger partial charge is 0.455 e. The van der Waals surface area contributed by atoms with Crippen LogP contribution in [-0.4, -0.2) is 15.0 Å². The van der Waals surface area contributed by atoms with Crippen LogP contribution in [0.3, 0.4) is 0 Å². The number of hydrogen-bond donors (Lipinski definition) is 0. The van der Waals surface area contributed by atoms with E-state index in [9.17, 15) is 0 Å². The lowest BCUT2D eigenvalue weighted by molar-refractivity contribution is 0.670. The van der Waals surface area contributed by atoms with Gasteiger partial charge >= 0.3 is 0 Å². The van der Waals surface area contributed by atoms with Gasteiger partial charge in [-0.1, -0.05) is 133 Å². The lowest BCUT2D eigenvalue weighted by atomic mass is 9.93. The molecule has 7 aromatic carbocycles. The maximum Gasteiger partial charge on any atom is 0.160 e. The predicted octanol–water partition coefficient (Wildman–Crippen LogP) is 14.1. The number of nitrogens with zero attached hydrogens (tertiary/aromatic N) is 3. The molecule has 262 valence electrons. The van der Waals surface area contributed by atoms with E-state index < -0.39 is 0 Å². The number of fused-ring (bicyclic) bond motifs is 6. The van der Waals surface area contributed by atoms with Gasteiger partial charge in [-0.2, -0.15) is 0 Å². The Bertz CT molecular complexity index is 3240. The maximum absolute atomic E-state index is 6.71. The van der Waals surface area contributed by atoms with Gasteiger partial charge in [0.25, 0.3) is 0 Å². The zero-order valence-corrected chi connectivity index (χ0v) is 30.9. The molecule has 0 aliphatic carbocycles. The third-order valence-electron chi connectivity index (χ3n) is 10.7. The number of furan rings is 1. The summed E-state index contributed by atoms with van der Waals surface area (Å²) in [6.07, 6.45) is 3.65. The van der Waals surface area contributed by atoms with Crippen LogP contribution in [0.25, 0.3) is 109 Å². The van der Waals surface area contributed by atoms with E-state index in [0.29, 0.717) is 5.82 Å². The van der Waals surface area contributed by atoms with Crippen molar-refractivity contribution in [3.8, 4) is 67.3 Å². The normalized spacial score (nSPS) is 11.6. The highest BCUT2D eigenvalue weighted by atomic mass is 32.1. The summed E-state index contributed by atoms with van der Waals surface area (Å²) in [7, 11) is 0. The van der Waals surface area contributed by atoms with Gasteiger partial charge in [-0.15, -0.1) is 11.3 Å². The Morgan fingerprint density at radius 1 is 0.393 bits per heavy atom. The predicted molar refractivity (Wildman–Crippen MR) is 233 cm³/mol. The van der Waals surface area contributed by atoms with Crippen molar-refractivity contribution in [2.24, 2.45) is 0 Å². The first-order valence-electron chi connectivity index (χ1n) is 18.7. The average Bonchev–Trinajstić information content (AvgIpc) is 3.85. The highest BCUT2D eigenvalue weighted by molar-refractivity contribution is 7.25. The fourth-order valence-electron chi connectivity index (χ4n) is 7.95. The fraction of sp³-hybridized carbons (Fsp3) is 0. The maximum atomic E-state index is 6.71. The van der Waals surface area contributed by atoms with Crippen LogP contribution in [0.1, 0.15) is 0 Å². The van der Waals surface area contributed by atoms with Crippen molar-refractivity contribution in [2.75, 3.05) is 0 Å². The zero-order chi connectivity index (χ0) is 37.0. The Morgan fingerprint density at radius 3 is 1.89 bits per heavy atom. The summed E-state index contributed by atoms with van der Waals surface area (Å²) in [6.45, 7) is 0. The third-order valence-corrected chi connectivity index (χ3v) is 11.8. The minimum absolute atomic E-state index is 0.681. The molecule has 5 heteroatoms. The Balaban J connectivity index is 1.03. The SMILES string of the molecule is c1ccc(-c2nc(-c3ccc(-c4ccc(-c5ccc6c(c5)sc5ccccc56)c5c4oc4ccccc45)cc3)cc(-c3ccccc3-c3ccncc3)n2)cc1. The van der Waals surface area contributed by atoms with Crippen LogP contribution in [0.2, 0.25) is 0 Å². The van der Waals surface area contributed by atoms with E-state index in [2.05, 4.69) is 145 Å². The molecule has 0 saturated carbocycles. The summed E-state index contributed by atoms with van der Waals surface area (Å²) >= 11 is 1.84. The second-order valence-corrected chi connectivity index (χ2v) is 15.0. The van der Waals surface area contributed by atoms with Crippen LogP contribution in [0.4, 0.5) is 0 Å². The van der Waals surface area contributed by atoms with Gasteiger partial charge in [0, 0.05) is 65.6 Å². The molecule has 0 spiro atoms. The topological polar surface area (TPSA) is 51.8 Å². The van der Waals surface area contributed by atoms with Gasteiger partial charge in [-0.3, -0.25) is 4.98 Å². The van der Waals surface area contributed by atoms with E-state index in [4.69, 9.17) is 14.4 Å². The second-order valence-electron chi connectivity index (χ2n) is 14.0. The molecule has 0 amide bonds. The molecule has 11 rings (SSSR count). The Labute approximate surface area is 327 Å². The van der Waals surface area contributed by atoms with Crippen molar-refractivity contribution in [2.45, 2.75) is 0 Å². The molecular weight excluding hydrogens is 703 g/mol. The molecule has 56 heavy (non-hydrogen) atoms. The lowest BCUT2D eigenvalue weighted by Crippen LogP contribution is -1.97. The molecule has 0 saturated heterocycles. The number of thiophene rings is 1. The van der Waals surface area contributed by atoms with Crippen LogP contribution in [0.15, 0.2) is 193 Å². The molecular formula is C51H31N3OS. The monoisotopic (exact) mass is 733 g/mol. The Morgan fingerprint density at radius 2 is 1.04 bits per heavy atom. The van der Waals surface area contributed by atoms with E-state index >= 15 is 0 Å². The fourth-order valence-corrected chi connectivity index (χ4v) is 9.09. The van der Waals surface area contributed by atoms with E-state index in [1.54, 1.807) is 0 Å². The number of rotatable bonds is 6. The Hall–Kier alpha value is -7.21. The first-order valence-corrected chi connectivity index (χ1v) is 19.5. The molecule has 11 aromatic rings. The van der Waals surface area contributed by atoms with Gasteiger partial charge in [0.2, 0.25) is 0 Å². The van der Waals surface area contributed by atoms with Crippen molar-refractivity contribution in [3.05, 3.63) is 188 Å². The van der Waals surface area contributed by atoms with Gasteiger partial charge < -0.3 is 4.42 Å². The van der Waals surface area contributed by atoms with Gasteiger partial charge in [0.1, 0.15) is 11.2 Å². The third kappa shape index (κ3) is 5.48. The molecule has 0 unspecified atom stereocenters. The van der Waals surface area contributed by atoms with E-state index in [1.165, 1.54) is 31.3 Å². The molecule has 0 aliphatic rings. The van der Waals surface area contributed by atoms with Crippen molar-refractivity contribution < 1.29 is 4.42 Å². The van der Waals surface area contributed by atoms with Crippen molar-refractivity contribution in [1.82, 2.24) is 15.0 Å². The standard InChI is InChI=1S/C51H31N3OS/c1-2-10-35(11-3-1)51-53-44(31-45(54-51)40-13-5-4-12-37(40)33-26-28-52-29-27-33)34-20-18-32(19-21-34)39-25-24-38(49-43-15-6-8-16-46(43)55-50(39)49)36-22-23-42-41-14-7-9-17-47(41)56-48(42)30-36/h1-31H. The van der Waals surface area contributed by atoms with Crippen molar-refractivity contribution >= 4 is 53.4 Å². The molecule has 4 nitrogen and oxygen atoms in total. The summed E-state index contributed by atoms with van der Waals surface area (Å²) in [5.74, 6) is 0.681. The number of benzene rings is 7. The first-order chi connectivity index (χ1) is 27.7. The summed E-state index contributed by atoms with van der Waals surface area (Å²) in [5, 5.41) is 4.84. The van der Waals surface area contributed by atoms with Gasteiger partial charge in [-0.05, 0) is 70.3 Å². The number of pyridine rings is 1. The second kappa shape index (κ2) is 13.3. The Kier molecular flexibility index (Phi) is 7.64. The molecule has 0 aliphatic heterocycles. The quantitative estimate of drug-likeness (QED) is 0.171. The van der Waals surface area contributed by atoms with Crippen LogP contribution in [0, 0.1) is 0 Å². The van der Waals surface area contributed by atoms with Gasteiger partial charge in [-0.25, -0.2) is 9.97 Å². The molecule has 4 aromatic heterocycles. The number of aromatic nitrogens is 3. The average molecular weight is 734 g/mol. The highest BCUT2D eigenvalue weighted by Crippen LogP contribution is 2.44. The van der Waals surface area contributed by atoms with Crippen LogP contribution >= 0.6 is 11.3 Å². The van der Waals surface area contributed by atoms with Crippen LogP contribution in [0.5, 0.6) is 0 Å². The highest BCUT2D eigenvalue weighted by Gasteiger charge is 2.19. The van der Waals surface area contributed by atoms with Crippen LogP contribution in [-0.2, 0) is 0 Å². The molecule has 0 radical (unpaired) electrons. The summed E-state index contributed by atoms with van der Waals surface area (Å²) in [6, 6.07) is 61.7. The van der Waals surface area contributed by atoms with Crippen molar-refractivity contribution in [3.63, 3.8) is 0 Å². The van der Waals surface area contributed by atoms with Gasteiger partial charge in [0.15, 0.2) is 5.82 Å². The summed E-state index contributed by atoms with van der Waals surface area (Å²) < 4.78 is 9.30. The molecule has 0 N–H and O–H groups in total. The van der Waals surface area contributed by atoms with Crippen molar-refractivity contribution in [1.29, 1.82) is 0 Å². The zero-order valence-electron chi connectivity index (χ0n) is 30.1. The minimum Gasteiger partial charge on any atom is -0.455 e. The van der Waals surface area contributed by atoms with E-state index in [0.717, 1.165) is 72.3 Å². The molecule has 4 heterocycles. The molecule has 0 atom stereocenters. The first kappa shape index (κ1) is 32.2. The molecule has 0 bridgehead atoms. The van der Waals surface area contributed by atoms with E-state index in [1.807, 2.05) is 60.1 Å². The van der Waals surface area contributed by atoms with Crippen LogP contribution < -0.4 is 0 Å². The summed E-state index contributed by atoms with van der Waals surface area (Å²) in [5.41, 5.74) is 13.1. The lowest BCUT2D eigenvalue weighted by Gasteiger charge is -2.13. The number of para-hydroxylation sites is 1. The number of hydrogen-bond acceptors (Lipinski definition) is 5. The summed E-state index contributed by atoms with van der Waals surface area (Å²) in [4.78, 5) is 14.5. The molecule has 0 fully saturated rings. The minimum atomic E-state index is 0.681. The van der Waals surface area contributed by atoms with E-state index in [-0.39, 0.29) is 0 Å². The van der Waals surface area contributed by atoms with Gasteiger partial charge in [0.05, 0.1) is 11.4 Å². The smallest absolute Gasteiger partial charge is 0.160 e.